The first-order valence-electron chi connectivity index (χ1n) is 6.02. The molecule has 2 aromatic rings. The van der Waals surface area contributed by atoms with Gasteiger partial charge in [-0.1, -0.05) is 12.1 Å². The first-order valence-corrected chi connectivity index (χ1v) is 9.13. The van der Waals surface area contributed by atoms with Crippen molar-refractivity contribution in [1.82, 2.24) is 4.98 Å². The third-order valence-electron chi connectivity index (χ3n) is 2.77. The van der Waals surface area contributed by atoms with Gasteiger partial charge in [-0.15, -0.1) is 11.8 Å². The van der Waals surface area contributed by atoms with Gasteiger partial charge in [-0.2, -0.15) is 0 Å². The van der Waals surface area contributed by atoms with Crippen molar-refractivity contribution in [2.75, 3.05) is 17.8 Å². The second-order valence-electron chi connectivity index (χ2n) is 4.36. The van der Waals surface area contributed by atoms with E-state index in [1.807, 2.05) is 6.26 Å². The van der Waals surface area contributed by atoms with Crippen LogP contribution >= 0.6 is 11.8 Å². The highest BCUT2D eigenvalue weighted by Crippen LogP contribution is 2.16. The van der Waals surface area contributed by atoms with Crippen LogP contribution in [0, 0.1) is 0 Å². The predicted octanol–water partition coefficient (Wildman–Crippen LogP) is 2.82. The molecule has 0 aliphatic rings. The van der Waals surface area contributed by atoms with E-state index >= 15 is 0 Å². The van der Waals surface area contributed by atoms with E-state index in [0.717, 1.165) is 17.5 Å². The lowest BCUT2D eigenvalue weighted by molar-refractivity contribution is 0.598. The van der Waals surface area contributed by atoms with Crippen LogP contribution in [0.4, 0.5) is 5.69 Å². The van der Waals surface area contributed by atoms with Crippen molar-refractivity contribution < 1.29 is 8.42 Å². The molecule has 20 heavy (non-hydrogen) atoms. The molecule has 0 aliphatic heterocycles. The zero-order chi connectivity index (χ0) is 14.6. The molecule has 1 aromatic carbocycles. The van der Waals surface area contributed by atoms with Crippen molar-refractivity contribution in [2.45, 2.75) is 16.5 Å². The molecule has 0 unspecified atom stereocenters. The molecule has 0 fully saturated rings. The van der Waals surface area contributed by atoms with E-state index in [-0.39, 0.29) is 5.03 Å². The van der Waals surface area contributed by atoms with E-state index in [1.165, 1.54) is 17.2 Å². The van der Waals surface area contributed by atoms with Gasteiger partial charge < -0.3 is 5.32 Å². The minimum absolute atomic E-state index is 0.0902. The van der Waals surface area contributed by atoms with Crippen molar-refractivity contribution in [3.63, 3.8) is 0 Å². The Kier molecular flexibility index (Phi) is 4.67. The highest BCUT2D eigenvalue weighted by molar-refractivity contribution is 7.98. The lowest BCUT2D eigenvalue weighted by Gasteiger charge is -2.07. The first-order chi connectivity index (χ1) is 9.49. The zero-order valence-corrected chi connectivity index (χ0v) is 13.0. The Morgan fingerprint density at radius 1 is 1.15 bits per heavy atom. The van der Waals surface area contributed by atoms with Crippen molar-refractivity contribution >= 4 is 27.3 Å². The van der Waals surface area contributed by atoms with Gasteiger partial charge in [-0.05, 0) is 36.1 Å². The topological polar surface area (TPSA) is 59.1 Å². The molecule has 4 nitrogen and oxygen atoms in total. The number of pyridine rings is 1. The quantitative estimate of drug-likeness (QED) is 0.861. The molecular formula is C14H16N2O2S2. The lowest BCUT2D eigenvalue weighted by Crippen LogP contribution is -2.03. The maximum absolute atomic E-state index is 11.3. The van der Waals surface area contributed by atoms with Gasteiger partial charge in [0.15, 0.2) is 14.9 Å². The van der Waals surface area contributed by atoms with E-state index < -0.39 is 9.84 Å². The van der Waals surface area contributed by atoms with Crippen molar-refractivity contribution in [3.05, 3.63) is 48.2 Å². The molecule has 0 amide bonds. The predicted molar refractivity (Wildman–Crippen MR) is 82.9 cm³/mol. The van der Waals surface area contributed by atoms with E-state index in [0.29, 0.717) is 6.54 Å². The van der Waals surface area contributed by atoms with Gasteiger partial charge in [0.2, 0.25) is 0 Å². The van der Waals surface area contributed by atoms with Crippen LogP contribution in [0.2, 0.25) is 0 Å². The summed E-state index contributed by atoms with van der Waals surface area (Å²) in [7, 11) is -3.24. The molecule has 0 atom stereocenters. The first kappa shape index (κ1) is 14.9. The standard InChI is InChI=1S/C14H16N2O2S2/c1-19-13-6-3-11(4-7-13)9-15-12-5-8-14(16-10-12)20(2,17)18/h3-8,10,15H,9H2,1-2H3. The number of hydrogen-bond donors (Lipinski definition) is 1. The molecule has 106 valence electrons. The van der Waals surface area contributed by atoms with Gasteiger partial charge >= 0.3 is 0 Å². The number of aromatic nitrogens is 1. The normalized spacial score (nSPS) is 11.3. The summed E-state index contributed by atoms with van der Waals surface area (Å²) in [6.45, 7) is 0.675. The highest BCUT2D eigenvalue weighted by Gasteiger charge is 2.07. The fourth-order valence-electron chi connectivity index (χ4n) is 1.65. The molecule has 0 spiro atoms. The smallest absolute Gasteiger partial charge is 0.192 e. The molecule has 1 aromatic heterocycles. The van der Waals surface area contributed by atoms with Gasteiger partial charge in [-0.3, -0.25) is 0 Å². The third kappa shape index (κ3) is 3.98. The molecule has 1 heterocycles. The summed E-state index contributed by atoms with van der Waals surface area (Å²) in [5.74, 6) is 0. The summed E-state index contributed by atoms with van der Waals surface area (Å²) in [4.78, 5) is 5.17. The average molecular weight is 308 g/mol. The molecule has 0 saturated carbocycles. The molecular weight excluding hydrogens is 292 g/mol. The van der Waals surface area contributed by atoms with Gasteiger partial charge in [0, 0.05) is 17.7 Å². The number of thioether (sulfide) groups is 1. The summed E-state index contributed by atoms with van der Waals surface area (Å²) in [6, 6.07) is 11.5. The Balaban J connectivity index is 2.00. The number of nitrogens with zero attached hydrogens (tertiary/aromatic N) is 1. The molecule has 0 bridgehead atoms. The fraction of sp³-hybridized carbons (Fsp3) is 0.214. The van der Waals surface area contributed by atoms with Crippen LogP contribution in [0.5, 0.6) is 0 Å². The van der Waals surface area contributed by atoms with Crippen LogP contribution < -0.4 is 5.32 Å². The summed E-state index contributed by atoms with van der Waals surface area (Å²) in [6.07, 6.45) is 4.73. The van der Waals surface area contributed by atoms with E-state index in [9.17, 15) is 8.42 Å². The minimum atomic E-state index is -3.24. The minimum Gasteiger partial charge on any atom is -0.380 e. The Hall–Kier alpha value is -1.53. The van der Waals surface area contributed by atoms with Gasteiger partial charge in [-0.25, -0.2) is 13.4 Å². The van der Waals surface area contributed by atoms with E-state index in [1.54, 1.807) is 17.8 Å². The summed E-state index contributed by atoms with van der Waals surface area (Å²) in [5, 5.41) is 3.30. The lowest BCUT2D eigenvalue weighted by atomic mass is 10.2. The molecule has 0 radical (unpaired) electrons. The molecule has 0 aliphatic carbocycles. The number of rotatable bonds is 5. The van der Waals surface area contributed by atoms with Crippen LogP contribution in [0.3, 0.4) is 0 Å². The van der Waals surface area contributed by atoms with Crippen LogP contribution in [-0.2, 0) is 16.4 Å². The largest absolute Gasteiger partial charge is 0.380 e. The highest BCUT2D eigenvalue weighted by atomic mass is 32.2. The maximum Gasteiger partial charge on any atom is 0.192 e. The second kappa shape index (κ2) is 6.28. The Morgan fingerprint density at radius 2 is 1.85 bits per heavy atom. The molecule has 2 rings (SSSR count). The van der Waals surface area contributed by atoms with Gasteiger partial charge in [0.25, 0.3) is 0 Å². The second-order valence-corrected chi connectivity index (χ2v) is 7.20. The number of nitrogens with one attached hydrogen (secondary N) is 1. The molecule has 0 saturated heterocycles. The monoisotopic (exact) mass is 308 g/mol. The Labute approximate surface area is 123 Å². The Morgan fingerprint density at radius 3 is 2.35 bits per heavy atom. The number of anilines is 1. The Bertz CT molecular complexity index is 665. The average Bonchev–Trinajstić information content (AvgIpc) is 2.45. The number of hydrogen-bond acceptors (Lipinski definition) is 5. The van der Waals surface area contributed by atoms with Gasteiger partial charge in [0.05, 0.1) is 11.9 Å². The number of benzene rings is 1. The van der Waals surface area contributed by atoms with Gasteiger partial charge in [0.1, 0.15) is 0 Å². The van der Waals surface area contributed by atoms with Crippen molar-refractivity contribution in [1.29, 1.82) is 0 Å². The van der Waals surface area contributed by atoms with Crippen LogP contribution in [0.1, 0.15) is 5.56 Å². The molecule has 1 N–H and O–H groups in total. The van der Waals surface area contributed by atoms with Crippen LogP contribution in [0.15, 0.2) is 52.5 Å². The molecule has 6 heteroatoms. The van der Waals surface area contributed by atoms with Crippen LogP contribution in [0.25, 0.3) is 0 Å². The summed E-state index contributed by atoms with van der Waals surface area (Å²) in [5.41, 5.74) is 1.96. The van der Waals surface area contributed by atoms with E-state index in [4.69, 9.17) is 0 Å². The number of sulfone groups is 1. The third-order valence-corrected chi connectivity index (χ3v) is 4.52. The summed E-state index contributed by atoms with van der Waals surface area (Å²) >= 11 is 1.71. The van der Waals surface area contributed by atoms with E-state index in [2.05, 4.69) is 34.6 Å². The van der Waals surface area contributed by atoms with Crippen molar-refractivity contribution in [2.24, 2.45) is 0 Å². The van der Waals surface area contributed by atoms with Crippen LogP contribution in [-0.4, -0.2) is 25.9 Å². The van der Waals surface area contributed by atoms with Crippen molar-refractivity contribution in [3.8, 4) is 0 Å². The maximum atomic E-state index is 11.3. The fourth-order valence-corrected chi connectivity index (χ4v) is 2.62. The zero-order valence-electron chi connectivity index (χ0n) is 11.3. The summed E-state index contributed by atoms with van der Waals surface area (Å²) < 4.78 is 22.6. The SMILES string of the molecule is CSc1ccc(CNc2ccc(S(C)(=O)=O)nc2)cc1.